The highest BCUT2D eigenvalue weighted by Gasteiger charge is 2.14. The van der Waals surface area contributed by atoms with Gasteiger partial charge in [-0.05, 0) is 63.5 Å². The second-order valence-corrected chi connectivity index (χ2v) is 8.46. The summed E-state index contributed by atoms with van der Waals surface area (Å²) in [6.45, 7) is 1.30. The number of methoxy groups -OCH3 is 1. The van der Waals surface area contributed by atoms with Crippen molar-refractivity contribution in [2.75, 3.05) is 7.11 Å². The molecule has 0 aliphatic rings. The van der Waals surface area contributed by atoms with Gasteiger partial charge in [-0.1, -0.05) is 29.5 Å². The first-order chi connectivity index (χ1) is 15.3. The molecule has 2 aromatic heterocycles. The van der Waals surface area contributed by atoms with Crippen LogP contribution in [0.2, 0.25) is 0 Å². The van der Waals surface area contributed by atoms with Gasteiger partial charge in [0.15, 0.2) is 17.3 Å². The molecule has 0 saturated heterocycles. The second kappa shape index (κ2) is 9.01. The molecule has 4 aromatic rings. The first-order valence-electron chi connectivity index (χ1n) is 9.25. The lowest BCUT2D eigenvalue weighted by molar-refractivity contribution is -0.132. The summed E-state index contributed by atoms with van der Waals surface area (Å²) in [7, 11) is 1.46. The summed E-state index contributed by atoms with van der Waals surface area (Å²) in [6.07, 6.45) is 5.08. The number of fused-ring (bicyclic) bond motifs is 1. The normalized spacial score (nSPS) is 12.1. The van der Waals surface area contributed by atoms with Gasteiger partial charge in [0, 0.05) is 6.92 Å². The van der Waals surface area contributed by atoms with Crippen molar-refractivity contribution >= 4 is 56.4 Å². The van der Waals surface area contributed by atoms with Crippen LogP contribution in [0.4, 0.5) is 4.39 Å². The molecule has 2 heterocycles. The van der Waals surface area contributed by atoms with Crippen molar-refractivity contribution in [3.8, 4) is 11.5 Å². The highest BCUT2D eigenvalue weighted by atomic mass is 79.9. The maximum absolute atomic E-state index is 13.0. The Morgan fingerprint density at radius 1 is 1.19 bits per heavy atom. The maximum Gasteiger partial charge on any atom is 0.308 e. The van der Waals surface area contributed by atoms with Crippen LogP contribution in [0.3, 0.4) is 0 Å². The summed E-state index contributed by atoms with van der Waals surface area (Å²) < 4.78 is 25.7. The Balaban J connectivity index is 1.67. The lowest BCUT2D eigenvalue weighted by Gasteiger charge is -2.10. The van der Waals surface area contributed by atoms with Crippen LogP contribution in [-0.4, -0.2) is 27.7 Å². The molecule has 4 rings (SSSR count). The van der Waals surface area contributed by atoms with Gasteiger partial charge in [0.25, 0.3) is 5.56 Å². The molecule has 2 aromatic carbocycles. The van der Waals surface area contributed by atoms with Crippen LogP contribution in [0.15, 0.2) is 45.7 Å². The summed E-state index contributed by atoms with van der Waals surface area (Å²) >= 11 is 4.56. The minimum absolute atomic E-state index is 0.264. The number of aromatic nitrogens is 3. The van der Waals surface area contributed by atoms with Gasteiger partial charge >= 0.3 is 5.97 Å². The first-order valence-corrected chi connectivity index (χ1v) is 10.9. The number of thiazole rings is 1. The van der Waals surface area contributed by atoms with Crippen LogP contribution in [0.1, 0.15) is 23.9 Å². The van der Waals surface area contributed by atoms with Gasteiger partial charge in [0.05, 0.1) is 16.1 Å². The van der Waals surface area contributed by atoms with Crippen molar-refractivity contribution in [2.24, 2.45) is 0 Å². The van der Waals surface area contributed by atoms with Gasteiger partial charge < -0.3 is 9.47 Å². The zero-order chi connectivity index (χ0) is 22.8. The Labute approximate surface area is 193 Å². The van der Waals surface area contributed by atoms with Crippen LogP contribution in [0, 0.1) is 5.82 Å². The number of ether oxygens (including phenoxy) is 2. The third-order valence-electron chi connectivity index (χ3n) is 4.29. The van der Waals surface area contributed by atoms with Gasteiger partial charge in [-0.2, -0.15) is 9.50 Å². The molecule has 0 saturated carbocycles. The zero-order valence-corrected chi connectivity index (χ0v) is 19.2. The Morgan fingerprint density at radius 2 is 1.94 bits per heavy atom. The van der Waals surface area contributed by atoms with Crippen LogP contribution in [0.5, 0.6) is 11.5 Å². The van der Waals surface area contributed by atoms with E-state index in [-0.39, 0.29) is 17.1 Å². The summed E-state index contributed by atoms with van der Waals surface area (Å²) in [5.74, 6) is 0.200. The number of hydrogen-bond donors (Lipinski definition) is 0. The Hall–Kier alpha value is -3.37. The fraction of sp³-hybridized carbons (Fsp3) is 0.0909. The van der Waals surface area contributed by atoms with Gasteiger partial charge in [0.1, 0.15) is 5.82 Å². The molecule has 0 bridgehead atoms. The van der Waals surface area contributed by atoms with Crippen LogP contribution >= 0.6 is 27.3 Å². The van der Waals surface area contributed by atoms with Crippen LogP contribution in [-0.2, 0) is 4.79 Å². The molecule has 32 heavy (non-hydrogen) atoms. The van der Waals surface area contributed by atoms with E-state index in [4.69, 9.17) is 9.47 Å². The number of esters is 1. The van der Waals surface area contributed by atoms with E-state index in [2.05, 4.69) is 26.0 Å². The molecule has 0 spiro atoms. The van der Waals surface area contributed by atoms with E-state index in [9.17, 15) is 14.0 Å². The molecule has 0 radical (unpaired) electrons. The minimum atomic E-state index is -0.475. The molecule has 7 nitrogen and oxygen atoms in total. The van der Waals surface area contributed by atoms with Crippen molar-refractivity contribution in [1.29, 1.82) is 0 Å². The number of rotatable bonds is 5. The smallest absolute Gasteiger partial charge is 0.308 e. The van der Waals surface area contributed by atoms with Crippen molar-refractivity contribution in [2.45, 2.75) is 6.92 Å². The number of hydrogen-bond acceptors (Lipinski definition) is 7. The molecule has 0 amide bonds. The van der Waals surface area contributed by atoms with Gasteiger partial charge in [0.2, 0.25) is 4.96 Å². The van der Waals surface area contributed by atoms with E-state index < -0.39 is 5.97 Å². The summed E-state index contributed by atoms with van der Waals surface area (Å²) in [4.78, 5) is 28.9. The molecule has 0 unspecified atom stereocenters. The third-order valence-corrected chi connectivity index (χ3v) is 5.84. The second-order valence-electron chi connectivity index (χ2n) is 6.59. The molecular formula is C22H15BrFN3O4S. The SMILES string of the molecule is COc1cc(/C=c2/sc3nc(/C=C/c4ccc(F)cc4)nn3c2=O)cc(Br)c1OC(C)=O. The predicted octanol–water partition coefficient (Wildman–Crippen LogP) is 3.70. The Kier molecular flexibility index (Phi) is 6.15. The third kappa shape index (κ3) is 4.61. The standard InChI is InChI=1S/C22H15BrFN3O4S/c1-12(28)31-20-16(23)9-14(10-17(20)30-2)11-18-21(29)27-22(32-18)25-19(26-27)8-5-13-3-6-15(24)7-4-13/h3-11H,1-2H3/b8-5+,18-11+. The lowest BCUT2D eigenvalue weighted by atomic mass is 10.2. The monoisotopic (exact) mass is 515 g/mol. The fourth-order valence-electron chi connectivity index (χ4n) is 2.88. The molecule has 0 aliphatic heterocycles. The summed E-state index contributed by atoms with van der Waals surface area (Å²) in [5, 5.41) is 4.24. The number of nitrogens with zero attached hydrogens (tertiary/aromatic N) is 3. The fourth-order valence-corrected chi connectivity index (χ4v) is 4.34. The van der Waals surface area contributed by atoms with E-state index in [0.29, 0.717) is 31.1 Å². The lowest BCUT2D eigenvalue weighted by Crippen LogP contribution is -2.23. The zero-order valence-electron chi connectivity index (χ0n) is 16.8. The van der Waals surface area contributed by atoms with E-state index in [1.54, 1.807) is 42.5 Å². The van der Waals surface area contributed by atoms with Gasteiger partial charge in [-0.25, -0.2) is 4.39 Å². The first kappa shape index (κ1) is 21.8. The molecule has 0 fully saturated rings. The average molecular weight is 516 g/mol. The van der Waals surface area contributed by atoms with E-state index in [1.165, 1.54) is 42.0 Å². The van der Waals surface area contributed by atoms with E-state index in [1.807, 2.05) is 0 Å². The average Bonchev–Trinajstić information content (AvgIpc) is 3.28. The predicted molar refractivity (Wildman–Crippen MR) is 123 cm³/mol. The molecule has 0 aliphatic carbocycles. The number of halogens is 2. The number of benzene rings is 2. The Morgan fingerprint density at radius 3 is 2.59 bits per heavy atom. The molecule has 10 heteroatoms. The molecule has 0 N–H and O–H groups in total. The van der Waals surface area contributed by atoms with Gasteiger partial charge in [-0.3, -0.25) is 9.59 Å². The summed E-state index contributed by atoms with van der Waals surface area (Å²) in [5.41, 5.74) is 1.15. The quantitative estimate of drug-likeness (QED) is 0.297. The topological polar surface area (TPSA) is 82.8 Å². The largest absolute Gasteiger partial charge is 0.493 e. The Bertz CT molecular complexity index is 1460. The van der Waals surface area contributed by atoms with Crippen LogP contribution in [0.25, 0.3) is 23.2 Å². The van der Waals surface area contributed by atoms with Crippen molar-refractivity contribution in [1.82, 2.24) is 14.6 Å². The van der Waals surface area contributed by atoms with Crippen molar-refractivity contribution < 1.29 is 18.7 Å². The van der Waals surface area contributed by atoms with E-state index >= 15 is 0 Å². The summed E-state index contributed by atoms with van der Waals surface area (Å²) in [6, 6.07) is 9.37. The van der Waals surface area contributed by atoms with Gasteiger partial charge in [-0.15, -0.1) is 5.10 Å². The number of carbonyl (C=O) groups excluding carboxylic acids is 1. The van der Waals surface area contributed by atoms with Crippen molar-refractivity contribution in [3.63, 3.8) is 0 Å². The molecule has 162 valence electrons. The molecular weight excluding hydrogens is 501 g/mol. The van der Waals surface area contributed by atoms with E-state index in [0.717, 1.165) is 5.56 Å². The maximum atomic E-state index is 13.0. The minimum Gasteiger partial charge on any atom is -0.493 e. The molecule has 0 atom stereocenters. The highest BCUT2D eigenvalue weighted by Crippen LogP contribution is 2.37. The highest BCUT2D eigenvalue weighted by molar-refractivity contribution is 9.10. The van der Waals surface area contributed by atoms with Crippen LogP contribution < -0.4 is 19.6 Å². The number of carbonyl (C=O) groups is 1. The van der Waals surface area contributed by atoms with Crippen molar-refractivity contribution in [3.05, 3.63) is 78.5 Å².